The smallest absolute Gasteiger partial charge is 0.433 e. The SMILES string of the molecule is [B]C([B])(c1ccccc1)S(=O)(=O)OC1=C(N)O[C@]([B])(c2ccc(C(F)(F)F)nc2)C1=O. The number of aromatic nitrogens is 1. The molecule has 1 aliphatic heterocycles. The lowest BCUT2D eigenvalue weighted by Gasteiger charge is -2.26. The lowest BCUT2D eigenvalue weighted by Crippen LogP contribution is -2.40. The molecule has 0 spiro atoms. The minimum Gasteiger partial charge on any atom is -0.467 e. The van der Waals surface area contributed by atoms with Gasteiger partial charge in [-0.3, -0.25) is 9.78 Å². The molecule has 2 N–H and O–H groups in total. The summed E-state index contributed by atoms with van der Waals surface area (Å²) in [5.41, 5.74) is 1.43. The van der Waals surface area contributed by atoms with Crippen LogP contribution >= 0.6 is 0 Å². The van der Waals surface area contributed by atoms with Crippen LogP contribution in [0, 0.1) is 0 Å². The zero-order valence-corrected chi connectivity index (χ0v) is 16.3. The molecule has 7 nitrogen and oxygen atoms in total. The quantitative estimate of drug-likeness (QED) is 0.533. The predicted molar refractivity (Wildman–Crippen MR) is 104 cm³/mol. The van der Waals surface area contributed by atoms with Gasteiger partial charge in [-0.15, -0.1) is 0 Å². The van der Waals surface area contributed by atoms with Gasteiger partial charge < -0.3 is 14.7 Å². The van der Waals surface area contributed by atoms with Crippen molar-refractivity contribution >= 4 is 39.4 Å². The Morgan fingerprint density at radius 2 is 1.71 bits per heavy atom. The third-order valence-corrected chi connectivity index (χ3v) is 5.80. The third-order valence-electron chi connectivity index (χ3n) is 4.35. The number of benzene rings is 1. The summed E-state index contributed by atoms with van der Waals surface area (Å²) in [5.74, 6) is -3.16. The summed E-state index contributed by atoms with van der Waals surface area (Å²) in [6, 6.07) is 8.55. The average Bonchev–Trinajstić information content (AvgIpc) is 2.91. The highest BCUT2D eigenvalue weighted by molar-refractivity contribution is 7.90. The summed E-state index contributed by atoms with van der Waals surface area (Å²) in [5, 5.41) is 0. The van der Waals surface area contributed by atoms with Crippen LogP contribution in [0.1, 0.15) is 16.8 Å². The summed E-state index contributed by atoms with van der Waals surface area (Å²) in [6.07, 6.45) is -4.09. The number of carbonyl (C=O) groups is 1. The van der Waals surface area contributed by atoms with Crippen LogP contribution in [0.25, 0.3) is 0 Å². The summed E-state index contributed by atoms with van der Waals surface area (Å²) in [4.78, 5) is 15.9. The van der Waals surface area contributed by atoms with Crippen molar-refractivity contribution < 1.29 is 35.3 Å². The van der Waals surface area contributed by atoms with Crippen molar-refractivity contribution in [3.8, 4) is 0 Å². The first-order chi connectivity index (χ1) is 14.2. The van der Waals surface area contributed by atoms with Gasteiger partial charge in [0.2, 0.25) is 17.4 Å². The van der Waals surface area contributed by atoms with Crippen molar-refractivity contribution in [2.45, 2.75) is 16.2 Å². The molecule has 1 aromatic carbocycles. The number of rotatable bonds is 5. The first kappa shape index (κ1) is 22.8. The van der Waals surface area contributed by atoms with Crippen LogP contribution in [0.3, 0.4) is 0 Å². The predicted octanol–water partition coefficient (Wildman–Crippen LogP) is 0.643. The van der Waals surface area contributed by atoms with E-state index in [9.17, 15) is 26.4 Å². The normalized spacial score (nSPS) is 19.9. The van der Waals surface area contributed by atoms with E-state index in [4.69, 9.17) is 38.2 Å². The van der Waals surface area contributed by atoms with Crippen LogP contribution in [0.4, 0.5) is 13.2 Å². The molecule has 6 radical (unpaired) electrons. The number of alkyl halides is 3. The van der Waals surface area contributed by atoms with E-state index < -0.39 is 49.5 Å². The van der Waals surface area contributed by atoms with E-state index in [1.165, 1.54) is 24.3 Å². The summed E-state index contributed by atoms with van der Waals surface area (Å²) in [7, 11) is 12.4. The van der Waals surface area contributed by atoms with E-state index in [1.807, 2.05) is 0 Å². The van der Waals surface area contributed by atoms with Gasteiger partial charge in [-0.2, -0.15) is 21.6 Å². The number of ketones is 1. The number of nitrogens with zero attached hydrogens (tertiary/aromatic N) is 1. The third kappa shape index (κ3) is 3.91. The van der Waals surface area contributed by atoms with Crippen molar-refractivity contribution in [3.63, 3.8) is 0 Å². The van der Waals surface area contributed by atoms with Gasteiger partial charge >= 0.3 is 16.3 Å². The van der Waals surface area contributed by atoms with E-state index in [-0.39, 0.29) is 11.1 Å². The fraction of sp³-hybridized carbons (Fsp3) is 0.176. The molecular formula is C17H10B3F3N2O5S. The summed E-state index contributed by atoms with van der Waals surface area (Å²) >= 11 is 0. The van der Waals surface area contributed by atoms with Crippen molar-refractivity contribution in [1.29, 1.82) is 0 Å². The molecule has 14 heteroatoms. The molecule has 0 fully saturated rings. The number of ether oxygens (including phenoxy) is 1. The fourth-order valence-electron chi connectivity index (χ4n) is 2.62. The molecule has 0 unspecified atom stereocenters. The Hall–Kier alpha value is -2.89. The van der Waals surface area contributed by atoms with Crippen molar-refractivity contribution in [3.05, 3.63) is 77.1 Å². The minimum absolute atomic E-state index is 0.0634. The molecule has 0 amide bonds. The van der Waals surface area contributed by atoms with Crippen LogP contribution in [-0.2, 0) is 40.1 Å². The molecule has 31 heavy (non-hydrogen) atoms. The van der Waals surface area contributed by atoms with Gasteiger partial charge in [0.25, 0.3) is 0 Å². The molecule has 1 aromatic heterocycles. The number of pyridine rings is 1. The Kier molecular flexibility index (Phi) is 5.41. The van der Waals surface area contributed by atoms with Crippen molar-refractivity contribution in [2.24, 2.45) is 5.73 Å². The zero-order chi connectivity index (χ0) is 23.2. The zero-order valence-electron chi connectivity index (χ0n) is 15.5. The van der Waals surface area contributed by atoms with E-state index in [0.29, 0.717) is 12.3 Å². The van der Waals surface area contributed by atoms with Gasteiger partial charge in [0.15, 0.2) is 5.50 Å². The number of hydrogen-bond acceptors (Lipinski definition) is 7. The average molecular weight is 444 g/mol. The van der Waals surface area contributed by atoms with Crippen LogP contribution in [0.2, 0.25) is 0 Å². The molecular weight excluding hydrogens is 434 g/mol. The van der Waals surface area contributed by atoms with Gasteiger partial charge in [-0.1, -0.05) is 36.4 Å². The maximum Gasteiger partial charge on any atom is 0.433 e. The lowest BCUT2D eigenvalue weighted by molar-refractivity contribution is -0.141. The number of hydrogen-bond donors (Lipinski definition) is 1. The monoisotopic (exact) mass is 444 g/mol. The molecule has 154 valence electrons. The maximum absolute atomic E-state index is 12.8. The second-order valence-electron chi connectivity index (χ2n) is 6.49. The van der Waals surface area contributed by atoms with E-state index in [2.05, 4.69) is 4.98 Å². The molecule has 0 aliphatic carbocycles. The van der Waals surface area contributed by atoms with Crippen molar-refractivity contribution in [2.75, 3.05) is 0 Å². The first-order valence-corrected chi connectivity index (χ1v) is 9.74. The maximum atomic E-state index is 12.8. The number of Topliss-reactive ketones (excluding diaryl/α,β-unsaturated/α-hetero) is 1. The highest BCUT2D eigenvalue weighted by Gasteiger charge is 2.50. The molecule has 3 rings (SSSR count). The second kappa shape index (κ2) is 7.36. The fourth-order valence-corrected chi connectivity index (χ4v) is 3.56. The molecule has 0 bridgehead atoms. The van der Waals surface area contributed by atoms with Crippen LogP contribution in [-0.4, -0.2) is 42.7 Å². The Labute approximate surface area is 179 Å². The van der Waals surface area contributed by atoms with E-state index in [0.717, 1.165) is 6.07 Å². The van der Waals surface area contributed by atoms with Gasteiger partial charge in [-0.05, 0) is 11.6 Å². The van der Waals surface area contributed by atoms with Crippen LogP contribution < -0.4 is 5.73 Å². The number of halogens is 3. The standard InChI is InChI=1S/C17H10B3F3N2O5S/c18-15(10-6-7-11(25-8-10)17(21,22)23)13(26)12(14(24)29-15)30-31(27,28)16(19,20)9-4-2-1-3-5-9/h1-8H,24H2/t15-/m1/s1. The van der Waals surface area contributed by atoms with Gasteiger partial charge in [0, 0.05) is 11.8 Å². The largest absolute Gasteiger partial charge is 0.467 e. The molecule has 0 saturated heterocycles. The molecule has 2 aromatic rings. The molecule has 1 aliphatic rings. The van der Waals surface area contributed by atoms with Gasteiger partial charge in [0.05, 0.1) is 20.2 Å². The van der Waals surface area contributed by atoms with Crippen molar-refractivity contribution in [1.82, 2.24) is 4.98 Å². The topological polar surface area (TPSA) is 109 Å². The van der Waals surface area contributed by atoms with E-state index >= 15 is 0 Å². The Morgan fingerprint density at radius 1 is 1.10 bits per heavy atom. The summed E-state index contributed by atoms with van der Waals surface area (Å²) < 4.78 is 70.6. The lowest BCUT2D eigenvalue weighted by atomic mass is 9.65. The Morgan fingerprint density at radius 3 is 2.23 bits per heavy atom. The van der Waals surface area contributed by atoms with Crippen LogP contribution in [0.15, 0.2) is 60.3 Å². The molecule has 0 saturated carbocycles. The van der Waals surface area contributed by atoms with Gasteiger partial charge in [0.1, 0.15) is 13.5 Å². The number of carbonyl (C=O) groups excluding carboxylic acids is 1. The van der Waals surface area contributed by atoms with Gasteiger partial charge in [-0.25, -0.2) is 0 Å². The Balaban J connectivity index is 1.91. The first-order valence-electron chi connectivity index (χ1n) is 8.33. The van der Waals surface area contributed by atoms with E-state index in [1.54, 1.807) is 6.07 Å². The minimum atomic E-state index is -4.92. The molecule has 1 atom stereocenters. The number of nitrogens with two attached hydrogens (primary N) is 1. The summed E-state index contributed by atoms with van der Waals surface area (Å²) in [6.45, 7) is 0. The second-order valence-corrected chi connectivity index (χ2v) is 8.24. The highest BCUT2D eigenvalue weighted by atomic mass is 32.2. The Bertz CT molecular complexity index is 1160. The molecule has 2 heterocycles. The van der Waals surface area contributed by atoms with Crippen LogP contribution in [0.5, 0.6) is 0 Å². The highest BCUT2D eigenvalue weighted by Crippen LogP contribution is 2.38.